The summed E-state index contributed by atoms with van der Waals surface area (Å²) in [6.45, 7) is 1.35. The lowest BCUT2D eigenvalue weighted by atomic mass is 10.1. The lowest BCUT2D eigenvalue weighted by molar-refractivity contribution is -0.0260. The van der Waals surface area contributed by atoms with Crippen molar-refractivity contribution in [3.8, 4) is 22.3 Å². The average Bonchev–Trinajstić information content (AvgIpc) is 4.13. The second kappa shape index (κ2) is 20.6. The first-order chi connectivity index (χ1) is 32.8. The number of carbonyl (C=O) groups excluding carboxylic acids is 2. The third-order valence-electron chi connectivity index (χ3n) is 12.3. The van der Waals surface area contributed by atoms with Crippen LogP contribution in [-0.2, 0) is 36.7 Å². The number of aliphatic hydroxyl groups is 2. The van der Waals surface area contributed by atoms with Crippen molar-refractivity contribution in [1.82, 2.24) is 39.3 Å². The van der Waals surface area contributed by atoms with Gasteiger partial charge in [0, 0.05) is 85.1 Å². The molecule has 4 atom stereocenters. The Balaban J connectivity index is 0.000000183. The number of amides is 2. The van der Waals surface area contributed by atoms with Crippen molar-refractivity contribution in [3.05, 3.63) is 156 Å². The summed E-state index contributed by atoms with van der Waals surface area (Å²) in [5.74, 6) is -2.88. The molecule has 2 saturated heterocycles. The molecule has 2 aliphatic heterocycles. The van der Waals surface area contributed by atoms with Gasteiger partial charge in [-0.05, 0) is 60.4 Å². The Morgan fingerprint density at radius 3 is 1.39 bits per heavy atom. The van der Waals surface area contributed by atoms with Crippen molar-refractivity contribution in [2.24, 2.45) is 14.1 Å². The molecule has 0 saturated carbocycles. The van der Waals surface area contributed by atoms with E-state index in [9.17, 15) is 37.4 Å². The highest BCUT2D eigenvalue weighted by atomic mass is 19.1. The van der Waals surface area contributed by atoms with Crippen LogP contribution in [-0.4, -0.2) is 101 Å². The zero-order valence-electron chi connectivity index (χ0n) is 37.1. The minimum absolute atomic E-state index is 0. The highest BCUT2D eigenvalue weighted by Gasteiger charge is 2.29. The molecular weight excluding hydrogens is 897 g/mol. The average molecular weight is 949 g/mol. The van der Waals surface area contributed by atoms with E-state index in [4.69, 9.17) is 9.47 Å². The number of halogens is 4. The summed E-state index contributed by atoms with van der Waals surface area (Å²) < 4.78 is 76.6. The van der Waals surface area contributed by atoms with Crippen LogP contribution in [0.4, 0.5) is 17.6 Å². The van der Waals surface area contributed by atoms with Gasteiger partial charge in [-0.15, -0.1) is 0 Å². The molecule has 14 nitrogen and oxygen atoms in total. The van der Waals surface area contributed by atoms with Gasteiger partial charge in [-0.1, -0.05) is 43.8 Å². The summed E-state index contributed by atoms with van der Waals surface area (Å²) in [5, 5.41) is 34.3. The molecule has 10 rings (SSSR count). The maximum Gasteiger partial charge on any atom is 0.253 e. The van der Waals surface area contributed by atoms with Gasteiger partial charge in [0.15, 0.2) is 0 Å². The number of hydrogen-bond acceptors (Lipinski definition) is 8. The van der Waals surface area contributed by atoms with Crippen molar-refractivity contribution in [2.75, 3.05) is 26.4 Å². The molecule has 0 aliphatic carbocycles. The zero-order valence-corrected chi connectivity index (χ0v) is 37.1. The van der Waals surface area contributed by atoms with Crippen LogP contribution < -0.4 is 10.6 Å². The van der Waals surface area contributed by atoms with Crippen molar-refractivity contribution >= 4 is 33.6 Å². The van der Waals surface area contributed by atoms with E-state index in [-0.39, 0.29) is 55.6 Å². The fourth-order valence-electron chi connectivity index (χ4n) is 8.72. The number of aryl methyl sites for hydroxylation is 2. The summed E-state index contributed by atoms with van der Waals surface area (Å²) in [7, 11) is 3.59. The molecule has 2 amide bonds. The summed E-state index contributed by atoms with van der Waals surface area (Å²) in [4.78, 5) is 26.1. The van der Waals surface area contributed by atoms with Gasteiger partial charge in [0.05, 0.1) is 85.1 Å². The largest absolute Gasteiger partial charge is 0.389 e. The SMILES string of the molecule is C.Cn1cc(-c2ccc(Cn3cc(C(=O)N[C@@H]4CCOC[C@H]4O)c4c(F)cccc43)c(F)c2)cn1.Cn1cc(-c2ccc(Cn3cc(C(=O)N[C@H]4CCOC[C@@H]4O)c4c(F)cccc43)c(F)c2)cn1. The van der Waals surface area contributed by atoms with Gasteiger partial charge in [-0.2, -0.15) is 10.2 Å². The van der Waals surface area contributed by atoms with Crippen LogP contribution in [0.25, 0.3) is 44.1 Å². The number of hydrogen-bond donors (Lipinski definition) is 4. The molecule has 0 spiro atoms. The Bertz CT molecular complexity index is 2940. The Morgan fingerprint density at radius 2 is 1.03 bits per heavy atom. The summed E-state index contributed by atoms with van der Waals surface area (Å²) in [6.07, 6.45) is 9.26. The number of benzene rings is 4. The zero-order chi connectivity index (χ0) is 47.6. The van der Waals surface area contributed by atoms with Gasteiger partial charge >= 0.3 is 0 Å². The lowest BCUT2D eigenvalue weighted by Gasteiger charge is -2.28. The first-order valence-electron chi connectivity index (χ1n) is 22.0. The van der Waals surface area contributed by atoms with E-state index in [2.05, 4.69) is 20.8 Å². The first-order valence-corrected chi connectivity index (χ1v) is 22.0. The summed E-state index contributed by atoms with van der Waals surface area (Å²) in [6, 6.07) is 18.0. The molecule has 4 aromatic heterocycles. The van der Waals surface area contributed by atoms with E-state index in [1.807, 2.05) is 12.1 Å². The minimum atomic E-state index is -0.830. The molecule has 2 aliphatic rings. The smallest absolute Gasteiger partial charge is 0.253 e. The number of nitrogens with zero attached hydrogens (tertiary/aromatic N) is 6. The number of aromatic nitrogens is 6. The van der Waals surface area contributed by atoms with Gasteiger partial charge in [-0.25, -0.2) is 17.6 Å². The van der Waals surface area contributed by atoms with E-state index in [0.717, 1.165) is 11.1 Å². The van der Waals surface area contributed by atoms with Crippen molar-refractivity contribution in [3.63, 3.8) is 0 Å². The summed E-state index contributed by atoms with van der Waals surface area (Å²) in [5.41, 5.74) is 5.05. The van der Waals surface area contributed by atoms with Crippen LogP contribution in [0.5, 0.6) is 0 Å². The second-order valence-corrected chi connectivity index (χ2v) is 17.0. The molecule has 0 unspecified atom stereocenters. The second-order valence-electron chi connectivity index (χ2n) is 17.0. The Hall–Kier alpha value is -7.12. The predicted octanol–water partition coefficient (Wildman–Crippen LogP) is 7.13. The normalized spacial score (nSPS) is 18.1. The minimum Gasteiger partial charge on any atom is -0.389 e. The summed E-state index contributed by atoms with van der Waals surface area (Å²) >= 11 is 0. The van der Waals surface area contributed by atoms with E-state index in [1.165, 1.54) is 36.7 Å². The van der Waals surface area contributed by atoms with Crippen LogP contribution in [0.3, 0.4) is 0 Å². The highest BCUT2D eigenvalue weighted by molar-refractivity contribution is 6.08. The van der Waals surface area contributed by atoms with E-state index >= 15 is 0 Å². The van der Waals surface area contributed by atoms with Gasteiger partial charge in [-0.3, -0.25) is 19.0 Å². The van der Waals surface area contributed by atoms with Crippen LogP contribution in [0.15, 0.2) is 110 Å². The molecule has 4 aromatic carbocycles. The predicted molar refractivity (Wildman–Crippen MR) is 251 cm³/mol. The van der Waals surface area contributed by atoms with Crippen LogP contribution in [0.2, 0.25) is 0 Å². The molecule has 18 heteroatoms. The van der Waals surface area contributed by atoms with Gasteiger partial charge in [0.1, 0.15) is 23.3 Å². The fourth-order valence-corrected chi connectivity index (χ4v) is 8.72. The maximum absolute atomic E-state index is 15.0. The molecule has 0 radical (unpaired) electrons. The Morgan fingerprint density at radius 1 is 0.609 bits per heavy atom. The van der Waals surface area contributed by atoms with Gasteiger partial charge in [0.2, 0.25) is 0 Å². The number of aliphatic hydroxyl groups excluding tert-OH is 2. The fraction of sp³-hybridized carbons (Fsp3) is 0.294. The number of carbonyl (C=O) groups is 2. The topological polar surface area (TPSA) is 163 Å². The highest BCUT2D eigenvalue weighted by Crippen LogP contribution is 2.30. The third kappa shape index (κ3) is 10.3. The standard InChI is InChI=1S/2C25H24F2N4O3.CH4/c2*1-30-11-17(10-28-30)15-5-6-16(20(27)9-15)12-31-13-18(24-19(26)3-2-4-22(24)31)25(33)29-21-7-8-34-14-23(21)32;/h2*2-6,9-11,13,21,23,32H,7-8,12,14H2,1H3,(H,29,33);1H4/t2*21-,23-;/m10./s1. The van der Waals surface area contributed by atoms with Crippen molar-refractivity contribution in [1.29, 1.82) is 0 Å². The number of fused-ring (bicyclic) bond motifs is 2. The Labute approximate surface area is 394 Å². The first kappa shape index (κ1) is 48.3. The molecule has 8 aromatic rings. The lowest BCUT2D eigenvalue weighted by Crippen LogP contribution is -2.48. The Kier molecular flexibility index (Phi) is 14.4. The molecule has 0 bridgehead atoms. The van der Waals surface area contributed by atoms with Gasteiger partial charge < -0.3 is 39.5 Å². The molecule has 4 N–H and O–H groups in total. The van der Waals surface area contributed by atoms with E-state index in [1.54, 1.807) is 93.8 Å². The number of rotatable bonds is 10. The van der Waals surface area contributed by atoms with Crippen LogP contribution in [0.1, 0.15) is 52.1 Å². The molecular formula is C51H52F4N8O6. The van der Waals surface area contributed by atoms with Crippen molar-refractivity contribution < 1.29 is 46.8 Å². The van der Waals surface area contributed by atoms with E-state index < -0.39 is 59.4 Å². The molecule has 2 fully saturated rings. The monoisotopic (exact) mass is 948 g/mol. The molecule has 6 heterocycles. The van der Waals surface area contributed by atoms with Crippen LogP contribution in [0, 0.1) is 23.3 Å². The molecule has 360 valence electrons. The van der Waals surface area contributed by atoms with Gasteiger partial charge in [0.25, 0.3) is 11.8 Å². The maximum atomic E-state index is 15.0. The van der Waals surface area contributed by atoms with E-state index in [0.29, 0.717) is 59.3 Å². The van der Waals surface area contributed by atoms with Crippen LogP contribution >= 0.6 is 0 Å². The molecule has 69 heavy (non-hydrogen) atoms. The number of ether oxygens (including phenoxy) is 2. The quantitative estimate of drug-likeness (QED) is 0.105. The third-order valence-corrected chi connectivity index (χ3v) is 12.3. The number of nitrogens with one attached hydrogen (secondary N) is 2. The van der Waals surface area contributed by atoms with Crippen molar-refractivity contribution in [2.45, 2.75) is 57.6 Å².